The number of hydrogen-bond donors (Lipinski definition) is 3. The first-order chi connectivity index (χ1) is 11.4. The summed E-state index contributed by atoms with van der Waals surface area (Å²) in [6, 6.07) is 2.96. The molecule has 3 rings (SSSR count). The highest BCUT2D eigenvalue weighted by molar-refractivity contribution is 5.92. The number of aliphatic hydroxyl groups is 1. The third kappa shape index (κ3) is 3.48. The Bertz CT molecular complexity index is 991. The number of nitrogen functional groups attached to an aromatic ring is 1. The fraction of sp³-hybridized carbons (Fsp3) is 0.467. The molecule has 0 bridgehead atoms. The summed E-state index contributed by atoms with van der Waals surface area (Å²) in [6.07, 6.45) is -4.14. The van der Waals surface area contributed by atoms with Gasteiger partial charge < -0.3 is 20.4 Å². The Balaban J connectivity index is 2.15. The Morgan fingerprint density at radius 2 is 1.92 bits per heavy atom. The molecule has 0 spiro atoms. The number of nitrogens with zero attached hydrogens (tertiary/aromatic N) is 3. The lowest BCUT2D eigenvalue weighted by Gasteiger charge is -2.17. The number of hydrogen-bond acceptors (Lipinski definition) is 4. The summed E-state index contributed by atoms with van der Waals surface area (Å²) in [4.78, 5) is 18.4. The highest BCUT2D eigenvalue weighted by Crippen LogP contribution is 2.26. The minimum Gasteiger partial charge on any atom is -0.390 e. The van der Waals surface area contributed by atoms with Crippen molar-refractivity contribution in [3.8, 4) is 0 Å². The molecule has 0 radical (unpaired) electrons. The number of imidazole rings is 2. The molecule has 25 heavy (non-hydrogen) atoms. The van der Waals surface area contributed by atoms with E-state index in [1.54, 1.807) is 18.4 Å². The lowest BCUT2D eigenvalue weighted by molar-refractivity contribution is -0.140. The Hall–Kier alpha value is -2.49. The number of aromatic nitrogens is 4. The van der Waals surface area contributed by atoms with Crippen LogP contribution < -0.4 is 11.4 Å². The first-order valence-corrected chi connectivity index (χ1v) is 7.62. The number of rotatable bonds is 4. The number of aromatic amines is 1. The summed E-state index contributed by atoms with van der Waals surface area (Å²) in [6.45, 7) is 2.25. The van der Waals surface area contributed by atoms with Gasteiger partial charge in [0.15, 0.2) is 0 Å². The maximum atomic E-state index is 12.7. The second-order valence-electron chi connectivity index (χ2n) is 6.67. The molecule has 0 amide bonds. The molecule has 10 heteroatoms. The molecule has 7 nitrogen and oxygen atoms in total. The highest BCUT2D eigenvalue weighted by atomic mass is 19.4. The zero-order valence-corrected chi connectivity index (χ0v) is 13.7. The van der Waals surface area contributed by atoms with Crippen LogP contribution in [0.3, 0.4) is 0 Å². The molecule has 2 heterocycles. The topological polar surface area (TPSA) is 102 Å². The Morgan fingerprint density at radius 1 is 1.24 bits per heavy atom. The molecule has 136 valence electrons. The maximum absolute atomic E-state index is 12.7. The molecule has 0 aliphatic rings. The van der Waals surface area contributed by atoms with Crippen molar-refractivity contribution >= 4 is 28.0 Å². The van der Waals surface area contributed by atoms with E-state index >= 15 is 0 Å². The van der Waals surface area contributed by atoms with Crippen molar-refractivity contribution in [1.82, 2.24) is 19.1 Å². The van der Waals surface area contributed by atoms with E-state index < -0.39 is 24.0 Å². The van der Waals surface area contributed by atoms with E-state index in [0.717, 1.165) is 0 Å². The van der Waals surface area contributed by atoms with Crippen LogP contribution in [0.15, 0.2) is 16.9 Å². The zero-order valence-electron chi connectivity index (χ0n) is 13.7. The predicted octanol–water partition coefficient (Wildman–Crippen LogP) is 1.98. The summed E-state index contributed by atoms with van der Waals surface area (Å²) in [5.74, 6) is 0.191. The Kier molecular flexibility index (Phi) is 3.82. The van der Waals surface area contributed by atoms with Gasteiger partial charge >= 0.3 is 11.9 Å². The number of nitrogens with one attached hydrogen (secondary N) is 1. The van der Waals surface area contributed by atoms with Crippen molar-refractivity contribution in [2.75, 3.05) is 5.73 Å². The molecule has 0 fully saturated rings. The maximum Gasteiger partial charge on any atom is 0.406 e. The second-order valence-corrected chi connectivity index (χ2v) is 6.67. The van der Waals surface area contributed by atoms with Crippen LogP contribution in [0.1, 0.15) is 20.3 Å². The SMILES string of the molecule is CC(C)(O)CCn1c(N)nc2cc3[nH]c(=O)n(CC(F)(F)F)c3cc21. The van der Waals surface area contributed by atoms with E-state index in [-0.39, 0.29) is 17.0 Å². The predicted molar refractivity (Wildman–Crippen MR) is 87.2 cm³/mol. The van der Waals surface area contributed by atoms with E-state index in [9.17, 15) is 23.1 Å². The molecule has 0 atom stereocenters. The fourth-order valence-corrected chi connectivity index (χ4v) is 2.75. The number of nitrogens with two attached hydrogens (primary N) is 1. The number of alkyl halides is 3. The summed E-state index contributed by atoms with van der Waals surface area (Å²) in [5, 5.41) is 9.88. The van der Waals surface area contributed by atoms with Gasteiger partial charge in [-0.2, -0.15) is 13.2 Å². The van der Waals surface area contributed by atoms with Gasteiger partial charge in [-0.25, -0.2) is 9.78 Å². The van der Waals surface area contributed by atoms with Gasteiger partial charge in [-0.05, 0) is 32.4 Å². The molecule has 0 unspecified atom stereocenters. The molecule has 3 aromatic rings. The van der Waals surface area contributed by atoms with Crippen LogP contribution in [0.25, 0.3) is 22.1 Å². The third-order valence-electron chi connectivity index (χ3n) is 3.96. The van der Waals surface area contributed by atoms with E-state index in [4.69, 9.17) is 5.73 Å². The molecule has 0 aliphatic heterocycles. The van der Waals surface area contributed by atoms with Gasteiger partial charge in [-0.1, -0.05) is 0 Å². The van der Waals surface area contributed by atoms with Gasteiger partial charge in [0.1, 0.15) is 6.54 Å². The average Bonchev–Trinajstić information content (AvgIpc) is 2.89. The zero-order chi connectivity index (χ0) is 18.6. The van der Waals surface area contributed by atoms with Crippen molar-refractivity contribution in [1.29, 1.82) is 0 Å². The fourth-order valence-electron chi connectivity index (χ4n) is 2.75. The van der Waals surface area contributed by atoms with Crippen LogP contribution in [0.4, 0.5) is 19.1 Å². The standard InChI is InChI=1S/C15H18F3N5O2/c1-14(2,25)3-4-22-10-6-11-9(5-8(10)20-12(22)19)21-13(24)23(11)7-15(16,17)18/h5-6,25H,3-4,7H2,1-2H3,(H2,19,20)(H,21,24). The first-order valence-electron chi connectivity index (χ1n) is 7.62. The van der Waals surface area contributed by atoms with Crippen molar-refractivity contribution in [2.24, 2.45) is 0 Å². The van der Waals surface area contributed by atoms with Crippen LogP contribution in [0, 0.1) is 0 Å². The number of anilines is 1. The molecule has 2 aromatic heterocycles. The molecular formula is C15H18F3N5O2. The Morgan fingerprint density at radius 3 is 2.52 bits per heavy atom. The van der Waals surface area contributed by atoms with Crippen molar-refractivity contribution in [2.45, 2.75) is 45.1 Å². The summed E-state index contributed by atoms with van der Waals surface area (Å²) in [7, 11) is 0. The smallest absolute Gasteiger partial charge is 0.390 e. The monoisotopic (exact) mass is 357 g/mol. The number of aryl methyl sites for hydroxylation is 1. The summed E-state index contributed by atoms with van der Waals surface area (Å²) in [5.41, 5.74) is 5.47. The molecule has 0 aliphatic carbocycles. The second kappa shape index (κ2) is 5.51. The highest BCUT2D eigenvalue weighted by Gasteiger charge is 2.30. The largest absolute Gasteiger partial charge is 0.406 e. The number of halogens is 3. The number of H-pyrrole nitrogens is 1. The summed E-state index contributed by atoms with van der Waals surface area (Å²) < 4.78 is 40.5. The van der Waals surface area contributed by atoms with Crippen molar-refractivity contribution in [3.05, 3.63) is 22.6 Å². The van der Waals surface area contributed by atoms with Crippen LogP contribution in [-0.2, 0) is 13.1 Å². The van der Waals surface area contributed by atoms with Gasteiger partial charge in [-0.15, -0.1) is 0 Å². The van der Waals surface area contributed by atoms with Crippen LogP contribution in [-0.4, -0.2) is 36.0 Å². The van der Waals surface area contributed by atoms with E-state index in [2.05, 4.69) is 9.97 Å². The quantitative estimate of drug-likeness (QED) is 0.664. The minimum atomic E-state index is -4.52. The normalized spacial score (nSPS) is 13.2. The molecule has 4 N–H and O–H groups in total. The summed E-state index contributed by atoms with van der Waals surface area (Å²) >= 11 is 0. The molecule has 0 saturated carbocycles. The Labute approximate surface area is 139 Å². The van der Waals surface area contributed by atoms with E-state index in [0.29, 0.717) is 28.6 Å². The first kappa shape index (κ1) is 17.3. The van der Waals surface area contributed by atoms with Crippen LogP contribution >= 0.6 is 0 Å². The van der Waals surface area contributed by atoms with Gasteiger partial charge in [0.25, 0.3) is 0 Å². The van der Waals surface area contributed by atoms with Crippen LogP contribution in [0.5, 0.6) is 0 Å². The lowest BCUT2D eigenvalue weighted by Crippen LogP contribution is -2.26. The van der Waals surface area contributed by atoms with Crippen LogP contribution in [0.2, 0.25) is 0 Å². The van der Waals surface area contributed by atoms with Gasteiger partial charge in [0, 0.05) is 6.54 Å². The minimum absolute atomic E-state index is 0.124. The van der Waals surface area contributed by atoms with E-state index in [1.807, 2.05) is 0 Å². The van der Waals surface area contributed by atoms with E-state index in [1.165, 1.54) is 12.1 Å². The molecular weight excluding hydrogens is 339 g/mol. The molecule has 0 saturated heterocycles. The number of fused-ring (bicyclic) bond motifs is 2. The third-order valence-corrected chi connectivity index (χ3v) is 3.96. The van der Waals surface area contributed by atoms with Gasteiger partial charge in [-0.3, -0.25) is 4.57 Å². The van der Waals surface area contributed by atoms with Crippen molar-refractivity contribution in [3.63, 3.8) is 0 Å². The van der Waals surface area contributed by atoms with Gasteiger partial charge in [0.05, 0.1) is 27.7 Å². The number of benzene rings is 1. The molecule has 1 aromatic carbocycles. The average molecular weight is 357 g/mol. The van der Waals surface area contributed by atoms with Gasteiger partial charge in [0.2, 0.25) is 5.95 Å². The van der Waals surface area contributed by atoms with Crippen molar-refractivity contribution < 1.29 is 18.3 Å². The lowest BCUT2D eigenvalue weighted by atomic mass is 10.1.